The lowest BCUT2D eigenvalue weighted by Gasteiger charge is -2.23. The standard InChI is InChI=1S/C32H49N3O/c1-3-5-7-9-11-19-27-35(28-20-12-10-8-6-4-2)32(36)26-25-31(29-21-15-13-16-22-29)34-33-30-23-17-14-18-24-30/h13-18,21-24,33H,3-12,19-20,25-28H2,1-2H3/b34-31-. The summed E-state index contributed by atoms with van der Waals surface area (Å²) < 4.78 is 0. The van der Waals surface area contributed by atoms with E-state index >= 15 is 0 Å². The van der Waals surface area contributed by atoms with Crippen molar-refractivity contribution in [3.8, 4) is 0 Å². The van der Waals surface area contributed by atoms with E-state index in [9.17, 15) is 4.79 Å². The first-order chi connectivity index (χ1) is 17.7. The van der Waals surface area contributed by atoms with E-state index in [4.69, 9.17) is 5.10 Å². The second-order valence-electron chi connectivity index (χ2n) is 9.82. The van der Waals surface area contributed by atoms with Crippen LogP contribution in [0.5, 0.6) is 0 Å². The summed E-state index contributed by atoms with van der Waals surface area (Å²) in [6.07, 6.45) is 16.2. The number of unbranched alkanes of at least 4 members (excludes halogenated alkanes) is 10. The van der Waals surface area contributed by atoms with Crippen molar-refractivity contribution in [3.63, 3.8) is 0 Å². The third-order valence-electron chi connectivity index (χ3n) is 6.69. The van der Waals surface area contributed by atoms with E-state index in [-0.39, 0.29) is 5.91 Å². The average molecular weight is 492 g/mol. The number of amides is 1. The minimum atomic E-state index is 0.264. The summed E-state index contributed by atoms with van der Waals surface area (Å²) in [4.78, 5) is 15.5. The number of para-hydroxylation sites is 1. The summed E-state index contributed by atoms with van der Waals surface area (Å²) >= 11 is 0. The minimum absolute atomic E-state index is 0.264. The number of hydrogen-bond acceptors (Lipinski definition) is 3. The molecule has 198 valence electrons. The number of nitrogens with zero attached hydrogens (tertiary/aromatic N) is 2. The largest absolute Gasteiger partial charge is 0.343 e. The van der Waals surface area contributed by atoms with Gasteiger partial charge in [0.15, 0.2) is 0 Å². The number of rotatable bonds is 20. The van der Waals surface area contributed by atoms with Gasteiger partial charge in [-0.3, -0.25) is 10.2 Å². The molecule has 0 heterocycles. The normalized spacial score (nSPS) is 11.4. The zero-order valence-corrected chi connectivity index (χ0v) is 22.9. The summed E-state index contributed by atoms with van der Waals surface area (Å²) in [6.45, 7) is 6.28. The SMILES string of the molecule is CCCCCCCCN(CCCCCCCC)C(=O)CC/C(=N/Nc1ccccc1)c1ccccc1. The quantitative estimate of drug-likeness (QED) is 0.114. The van der Waals surface area contributed by atoms with Crippen LogP contribution in [0.25, 0.3) is 0 Å². The molecule has 36 heavy (non-hydrogen) atoms. The molecule has 1 N–H and O–H groups in total. The summed E-state index contributed by atoms with van der Waals surface area (Å²) in [5.74, 6) is 0.264. The Bertz CT molecular complexity index is 819. The average Bonchev–Trinajstić information content (AvgIpc) is 2.92. The first-order valence-corrected chi connectivity index (χ1v) is 14.5. The fourth-order valence-electron chi connectivity index (χ4n) is 4.45. The predicted molar refractivity (Wildman–Crippen MR) is 156 cm³/mol. The number of benzene rings is 2. The number of carbonyl (C=O) groups is 1. The van der Waals surface area contributed by atoms with Crippen LogP contribution in [-0.2, 0) is 4.79 Å². The van der Waals surface area contributed by atoms with E-state index in [0.717, 1.165) is 42.9 Å². The second-order valence-corrected chi connectivity index (χ2v) is 9.82. The Balaban J connectivity index is 1.94. The highest BCUT2D eigenvalue weighted by atomic mass is 16.2. The van der Waals surface area contributed by atoms with Crippen molar-refractivity contribution in [1.82, 2.24) is 4.90 Å². The van der Waals surface area contributed by atoms with Gasteiger partial charge in [-0.05, 0) is 30.5 Å². The molecule has 2 rings (SSSR count). The minimum Gasteiger partial charge on any atom is -0.343 e. The van der Waals surface area contributed by atoms with E-state index in [1.807, 2.05) is 48.5 Å². The summed E-state index contributed by atoms with van der Waals surface area (Å²) in [6, 6.07) is 20.2. The van der Waals surface area contributed by atoms with Gasteiger partial charge in [-0.15, -0.1) is 0 Å². The molecule has 0 aliphatic heterocycles. The Morgan fingerprint density at radius 3 is 1.72 bits per heavy atom. The molecule has 0 aliphatic carbocycles. The van der Waals surface area contributed by atoms with Gasteiger partial charge in [0.25, 0.3) is 0 Å². The number of nitrogens with one attached hydrogen (secondary N) is 1. The third-order valence-corrected chi connectivity index (χ3v) is 6.69. The second kappa shape index (κ2) is 19.6. The zero-order valence-electron chi connectivity index (χ0n) is 22.9. The Morgan fingerprint density at radius 1 is 0.667 bits per heavy atom. The summed E-state index contributed by atoms with van der Waals surface area (Å²) in [7, 11) is 0. The smallest absolute Gasteiger partial charge is 0.222 e. The Labute approximate surface area is 220 Å². The molecule has 0 unspecified atom stereocenters. The van der Waals surface area contributed by atoms with Gasteiger partial charge >= 0.3 is 0 Å². The van der Waals surface area contributed by atoms with E-state index in [0.29, 0.717) is 12.8 Å². The van der Waals surface area contributed by atoms with Crippen LogP contribution in [0.2, 0.25) is 0 Å². The van der Waals surface area contributed by atoms with Crippen LogP contribution < -0.4 is 5.43 Å². The van der Waals surface area contributed by atoms with Crippen LogP contribution in [0.1, 0.15) is 109 Å². The number of anilines is 1. The molecule has 2 aromatic rings. The van der Waals surface area contributed by atoms with E-state index in [1.54, 1.807) is 0 Å². The van der Waals surface area contributed by atoms with Gasteiger partial charge in [-0.25, -0.2) is 0 Å². The van der Waals surface area contributed by atoms with Crippen molar-refractivity contribution in [3.05, 3.63) is 66.2 Å². The zero-order chi connectivity index (χ0) is 25.7. The molecule has 4 nitrogen and oxygen atoms in total. The molecule has 4 heteroatoms. The molecular formula is C32H49N3O. The molecule has 0 aliphatic rings. The van der Waals surface area contributed by atoms with E-state index in [1.165, 1.54) is 64.2 Å². The third kappa shape index (κ3) is 12.9. The Morgan fingerprint density at radius 2 is 1.17 bits per heavy atom. The molecular weight excluding hydrogens is 442 g/mol. The molecule has 0 bridgehead atoms. The number of carbonyl (C=O) groups excluding carboxylic acids is 1. The Kier molecular flexibility index (Phi) is 16.1. The van der Waals surface area contributed by atoms with E-state index in [2.05, 4.69) is 36.3 Å². The fraction of sp³-hybridized carbons (Fsp3) is 0.562. The summed E-state index contributed by atoms with van der Waals surface area (Å²) in [5, 5.41) is 4.70. The molecule has 0 spiro atoms. The highest BCUT2D eigenvalue weighted by Crippen LogP contribution is 2.14. The maximum atomic E-state index is 13.3. The van der Waals surface area contributed by atoms with Gasteiger partial charge in [-0.2, -0.15) is 5.10 Å². The first-order valence-electron chi connectivity index (χ1n) is 14.5. The van der Waals surface area contributed by atoms with Gasteiger partial charge in [-0.1, -0.05) is 127 Å². The van der Waals surface area contributed by atoms with Crippen molar-refractivity contribution in [2.75, 3.05) is 18.5 Å². The Hall–Kier alpha value is -2.62. The van der Waals surface area contributed by atoms with Crippen molar-refractivity contribution < 1.29 is 4.79 Å². The number of hydrogen-bond donors (Lipinski definition) is 1. The van der Waals surface area contributed by atoms with Crippen LogP contribution in [0.15, 0.2) is 65.8 Å². The molecule has 0 saturated carbocycles. The van der Waals surface area contributed by atoms with Gasteiger partial charge in [0.2, 0.25) is 5.91 Å². The molecule has 0 radical (unpaired) electrons. The monoisotopic (exact) mass is 491 g/mol. The highest BCUT2D eigenvalue weighted by Gasteiger charge is 2.15. The lowest BCUT2D eigenvalue weighted by molar-refractivity contribution is -0.131. The van der Waals surface area contributed by atoms with Gasteiger partial charge in [0, 0.05) is 25.9 Å². The van der Waals surface area contributed by atoms with Gasteiger partial charge in [0.1, 0.15) is 0 Å². The number of hydrazone groups is 1. The van der Waals surface area contributed by atoms with Crippen molar-refractivity contribution in [1.29, 1.82) is 0 Å². The van der Waals surface area contributed by atoms with E-state index < -0.39 is 0 Å². The van der Waals surface area contributed by atoms with Crippen molar-refractivity contribution in [2.24, 2.45) is 5.10 Å². The molecule has 0 fully saturated rings. The first kappa shape index (κ1) is 29.6. The molecule has 1 amide bonds. The van der Waals surface area contributed by atoms with Gasteiger partial charge < -0.3 is 4.90 Å². The highest BCUT2D eigenvalue weighted by molar-refractivity contribution is 6.02. The lowest BCUT2D eigenvalue weighted by Crippen LogP contribution is -2.33. The molecule has 0 atom stereocenters. The molecule has 0 aromatic heterocycles. The maximum Gasteiger partial charge on any atom is 0.222 e. The van der Waals surface area contributed by atoms with Crippen LogP contribution in [0.3, 0.4) is 0 Å². The topological polar surface area (TPSA) is 44.7 Å². The predicted octanol–water partition coefficient (Wildman–Crippen LogP) is 8.83. The van der Waals surface area contributed by atoms with Crippen LogP contribution in [0, 0.1) is 0 Å². The van der Waals surface area contributed by atoms with Crippen LogP contribution in [0.4, 0.5) is 5.69 Å². The van der Waals surface area contributed by atoms with Gasteiger partial charge in [0.05, 0.1) is 11.4 Å². The van der Waals surface area contributed by atoms with Crippen LogP contribution >= 0.6 is 0 Å². The molecule has 2 aromatic carbocycles. The van der Waals surface area contributed by atoms with Crippen LogP contribution in [-0.4, -0.2) is 29.6 Å². The van der Waals surface area contributed by atoms with Crippen molar-refractivity contribution in [2.45, 2.75) is 104 Å². The summed E-state index contributed by atoms with van der Waals surface area (Å²) in [5.41, 5.74) is 6.11. The fourth-order valence-corrected chi connectivity index (χ4v) is 4.45. The molecule has 0 saturated heterocycles. The lowest BCUT2D eigenvalue weighted by atomic mass is 10.0. The van der Waals surface area contributed by atoms with Crippen molar-refractivity contribution >= 4 is 17.3 Å². The maximum absolute atomic E-state index is 13.3.